The van der Waals surface area contributed by atoms with Crippen LogP contribution in [0, 0.1) is 0 Å². The number of rotatable bonds is 7. The molecule has 6 nitrogen and oxygen atoms in total. The molecule has 0 amide bonds. The van der Waals surface area contributed by atoms with Gasteiger partial charge in [-0.2, -0.15) is 4.31 Å². The van der Waals surface area contributed by atoms with E-state index in [4.69, 9.17) is 9.47 Å². The highest BCUT2D eigenvalue weighted by molar-refractivity contribution is 7.89. The number of ether oxygens (including phenoxy) is 2. The van der Waals surface area contributed by atoms with Crippen LogP contribution in [0.4, 0.5) is 0 Å². The van der Waals surface area contributed by atoms with Crippen molar-refractivity contribution in [3.05, 3.63) is 54.1 Å². The number of hydrogen-bond donors (Lipinski definition) is 0. The van der Waals surface area contributed by atoms with Crippen molar-refractivity contribution in [2.24, 2.45) is 0 Å². The van der Waals surface area contributed by atoms with Crippen molar-refractivity contribution < 1.29 is 17.9 Å². The minimum absolute atomic E-state index is 0.0494. The molecule has 7 heteroatoms. The largest absolute Gasteiger partial charge is 0.495 e. The maximum Gasteiger partial charge on any atom is 0.250 e. The van der Waals surface area contributed by atoms with Crippen LogP contribution in [0.25, 0.3) is 0 Å². The second kappa shape index (κ2) is 8.94. The monoisotopic (exact) mass is 404 g/mol. The van der Waals surface area contributed by atoms with Gasteiger partial charge in [-0.25, -0.2) is 8.42 Å². The lowest BCUT2D eigenvalue weighted by Gasteiger charge is -2.36. The number of nitrogens with zero attached hydrogens (tertiary/aromatic N) is 2. The van der Waals surface area contributed by atoms with E-state index in [0.717, 1.165) is 32.5 Å². The quantitative estimate of drug-likeness (QED) is 0.710. The Hall–Kier alpha value is -2.09. The maximum absolute atomic E-state index is 13.3. The van der Waals surface area contributed by atoms with E-state index in [-0.39, 0.29) is 10.9 Å². The minimum Gasteiger partial charge on any atom is -0.495 e. The van der Waals surface area contributed by atoms with Gasteiger partial charge in [0.2, 0.25) is 10.0 Å². The summed E-state index contributed by atoms with van der Waals surface area (Å²) in [7, 11) is 0.852. The van der Waals surface area contributed by atoms with E-state index in [2.05, 4.69) is 17.0 Å². The molecular formula is C21H28N2O4S. The third kappa shape index (κ3) is 4.32. The molecule has 1 aliphatic heterocycles. The Morgan fingerprint density at radius 3 is 2.07 bits per heavy atom. The Kier molecular flexibility index (Phi) is 6.59. The molecule has 28 heavy (non-hydrogen) atoms. The van der Waals surface area contributed by atoms with Crippen molar-refractivity contribution in [3.63, 3.8) is 0 Å². The molecule has 1 heterocycles. The first-order chi connectivity index (χ1) is 13.5. The number of benzene rings is 2. The molecule has 0 N–H and O–H groups in total. The van der Waals surface area contributed by atoms with E-state index < -0.39 is 10.0 Å². The van der Waals surface area contributed by atoms with Crippen LogP contribution in [-0.4, -0.2) is 58.0 Å². The van der Waals surface area contributed by atoms with E-state index in [0.29, 0.717) is 11.5 Å². The zero-order valence-electron chi connectivity index (χ0n) is 16.7. The summed E-state index contributed by atoms with van der Waals surface area (Å²) in [5.41, 5.74) is 1.28. The summed E-state index contributed by atoms with van der Waals surface area (Å²) in [6.45, 7) is 2.62. The lowest BCUT2D eigenvalue weighted by Crippen LogP contribution is -2.45. The maximum atomic E-state index is 13.3. The fraction of sp³-hybridized carbons (Fsp3) is 0.429. The average molecular weight is 405 g/mol. The average Bonchev–Trinajstić information content (AvgIpc) is 2.73. The topological polar surface area (TPSA) is 59.1 Å². The van der Waals surface area contributed by atoms with Crippen molar-refractivity contribution >= 4 is 10.0 Å². The highest BCUT2D eigenvalue weighted by atomic mass is 32.2. The first kappa shape index (κ1) is 20.6. The van der Waals surface area contributed by atoms with Crippen molar-refractivity contribution in [1.82, 2.24) is 9.21 Å². The van der Waals surface area contributed by atoms with Crippen LogP contribution < -0.4 is 9.47 Å². The first-order valence-electron chi connectivity index (χ1n) is 9.42. The molecule has 3 rings (SSSR count). The molecule has 0 spiro atoms. The van der Waals surface area contributed by atoms with Gasteiger partial charge in [0.15, 0.2) is 4.90 Å². The highest BCUT2D eigenvalue weighted by Gasteiger charge is 2.34. The smallest absolute Gasteiger partial charge is 0.250 e. The predicted molar refractivity (Wildman–Crippen MR) is 109 cm³/mol. The third-order valence-electron chi connectivity index (χ3n) is 5.34. The van der Waals surface area contributed by atoms with E-state index in [1.165, 1.54) is 24.1 Å². The summed E-state index contributed by atoms with van der Waals surface area (Å²) in [5.74, 6) is 0.598. The molecule has 1 fully saturated rings. The minimum atomic E-state index is -3.74. The standard InChI is InChI=1S/C21H28N2O4S/c1-22(28(24,25)21-19(26-2)10-7-11-20(21)27-3)18-12-14-23(15-13-18)16-17-8-5-4-6-9-17/h4-11,18H,12-16H2,1-3H3. The van der Waals surface area contributed by atoms with Crippen LogP contribution in [0.15, 0.2) is 53.4 Å². The summed E-state index contributed by atoms with van der Waals surface area (Å²) in [6, 6.07) is 15.3. The van der Waals surface area contributed by atoms with E-state index >= 15 is 0 Å². The number of methoxy groups -OCH3 is 2. The van der Waals surface area contributed by atoms with Crippen LogP contribution in [0.1, 0.15) is 18.4 Å². The lowest BCUT2D eigenvalue weighted by molar-refractivity contribution is 0.163. The fourth-order valence-electron chi connectivity index (χ4n) is 3.69. The molecule has 0 radical (unpaired) electrons. The number of hydrogen-bond acceptors (Lipinski definition) is 5. The van der Waals surface area contributed by atoms with Crippen molar-refractivity contribution in [2.45, 2.75) is 30.3 Å². The Morgan fingerprint density at radius 2 is 1.54 bits per heavy atom. The second-order valence-electron chi connectivity index (χ2n) is 7.01. The Labute approximate surface area is 167 Å². The zero-order chi connectivity index (χ0) is 20.1. The molecule has 0 bridgehead atoms. The van der Waals surface area contributed by atoms with Crippen molar-refractivity contribution in [2.75, 3.05) is 34.4 Å². The van der Waals surface area contributed by atoms with Gasteiger partial charge in [-0.15, -0.1) is 0 Å². The van der Waals surface area contributed by atoms with Crippen LogP contribution >= 0.6 is 0 Å². The third-order valence-corrected chi connectivity index (χ3v) is 7.31. The van der Waals surface area contributed by atoms with Crippen molar-refractivity contribution in [1.29, 1.82) is 0 Å². The molecule has 0 saturated carbocycles. The summed E-state index contributed by atoms with van der Waals surface area (Å²) < 4.78 is 38.7. The number of likely N-dealkylation sites (tertiary alicyclic amines) is 1. The van der Waals surface area contributed by atoms with E-state index in [1.807, 2.05) is 18.2 Å². The summed E-state index contributed by atoms with van der Waals surface area (Å²) in [5, 5.41) is 0. The SMILES string of the molecule is COc1cccc(OC)c1S(=O)(=O)N(C)C1CCN(Cc2ccccc2)CC1. The van der Waals surface area contributed by atoms with E-state index in [1.54, 1.807) is 25.2 Å². The zero-order valence-corrected chi connectivity index (χ0v) is 17.5. The fourth-order valence-corrected chi connectivity index (χ4v) is 5.40. The highest BCUT2D eigenvalue weighted by Crippen LogP contribution is 2.36. The van der Waals surface area contributed by atoms with Gasteiger partial charge < -0.3 is 9.47 Å². The van der Waals surface area contributed by atoms with Gasteiger partial charge in [0.05, 0.1) is 14.2 Å². The van der Waals surface area contributed by atoms with Gasteiger partial charge in [0.25, 0.3) is 0 Å². The summed E-state index contributed by atoms with van der Waals surface area (Å²) in [4.78, 5) is 2.46. The summed E-state index contributed by atoms with van der Waals surface area (Å²) >= 11 is 0. The Balaban J connectivity index is 1.72. The van der Waals surface area contributed by atoms with Crippen LogP contribution in [0.5, 0.6) is 11.5 Å². The Morgan fingerprint density at radius 1 is 0.964 bits per heavy atom. The molecule has 2 aromatic carbocycles. The van der Waals surface area contributed by atoms with Crippen LogP contribution in [0.2, 0.25) is 0 Å². The second-order valence-corrected chi connectivity index (χ2v) is 8.94. The normalized spacial score (nSPS) is 16.3. The molecule has 0 aliphatic carbocycles. The Bertz CT molecular complexity index is 856. The van der Waals surface area contributed by atoms with Gasteiger partial charge in [0, 0.05) is 32.7 Å². The molecule has 0 aromatic heterocycles. The molecular weight excluding hydrogens is 376 g/mol. The molecule has 152 valence electrons. The van der Waals surface area contributed by atoms with Gasteiger partial charge >= 0.3 is 0 Å². The molecule has 1 saturated heterocycles. The van der Waals surface area contributed by atoms with Crippen LogP contribution in [0.3, 0.4) is 0 Å². The number of piperidine rings is 1. The van der Waals surface area contributed by atoms with Gasteiger partial charge in [-0.1, -0.05) is 36.4 Å². The van der Waals surface area contributed by atoms with Crippen molar-refractivity contribution in [3.8, 4) is 11.5 Å². The first-order valence-corrected chi connectivity index (χ1v) is 10.9. The van der Waals surface area contributed by atoms with Crippen LogP contribution in [-0.2, 0) is 16.6 Å². The molecule has 2 aromatic rings. The van der Waals surface area contributed by atoms with Gasteiger partial charge in [-0.3, -0.25) is 4.90 Å². The summed E-state index contributed by atoms with van der Waals surface area (Å²) in [6.07, 6.45) is 1.58. The molecule has 0 unspecified atom stereocenters. The number of sulfonamides is 1. The molecule has 1 aliphatic rings. The van der Waals surface area contributed by atoms with E-state index in [9.17, 15) is 8.42 Å². The molecule has 0 atom stereocenters. The predicted octanol–water partition coefficient (Wildman–Crippen LogP) is 2.99. The lowest BCUT2D eigenvalue weighted by atomic mass is 10.0. The van der Waals surface area contributed by atoms with Gasteiger partial charge in [-0.05, 0) is 30.5 Å². The van der Waals surface area contributed by atoms with Gasteiger partial charge in [0.1, 0.15) is 11.5 Å².